The summed E-state index contributed by atoms with van der Waals surface area (Å²) in [5.41, 5.74) is 2.21. The van der Waals surface area contributed by atoms with Gasteiger partial charge in [-0.15, -0.1) is 0 Å². The third-order valence-electron chi connectivity index (χ3n) is 2.97. The molecule has 6 heteroatoms. The number of nitrogens with one attached hydrogen (secondary N) is 2. The molecule has 6 nitrogen and oxygen atoms in total. The highest BCUT2D eigenvalue weighted by Crippen LogP contribution is 2.19. The molecule has 1 aromatic rings. The molecular formula is C14H22N2O4. The molecule has 0 aliphatic heterocycles. The van der Waals surface area contributed by atoms with E-state index in [0.717, 1.165) is 16.9 Å². The van der Waals surface area contributed by atoms with E-state index in [1.165, 1.54) is 14.2 Å². The van der Waals surface area contributed by atoms with E-state index in [1.807, 2.05) is 32.0 Å². The lowest BCUT2D eigenvalue weighted by atomic mass is 10.1. The first kappa shape index (κ1) is 16.3. The minimum absolute atomic E-state index is 0.0980. The monoisotopic (exact) mass is 282 g/mol. The van der Waals surface area contributed by atoms with E-state index >= 15 is 0 Å². The van der Waals surface area contributed by atoms with Crippen LogP contribution >= 0.6 is 0 Å². The zero-order valence-corrected chi connectivity index (χ0v) is 12.4. The average Bonchev–Trinajstić information content (AvgIpc) is 2.44. The molecule has 1 rings (SSSR count). The lowest BCUT2D eigenvalue weighted by Gasteiger charge is -2.15. The van der Waals surface area contributed by atoms with Gasteiger partial charge in [-0.1, -0.05) is 12.1 Å². The van der Waals surface area contributed by atoms with Gasteiger partial charge in [0.15, 0.2) is 13.0 Å². The maximum absolute atomic E-state index is 11.5. The molecule has 20 heavy (non-hydrogen) atoms. The van der Waals surface area contributed by atoms with Gasteiger partial charge in [-0.25, -0.2) is 4.79 Å². The minimum Gasteiger partial charge on any atom is -0.473 e. The van der Waals surface area contributed by atoms with E-state index in [4.69, 9.17) is 14.2 Å². The molecule has 0 spiro atoms. The standard InChI is InChI=1S/C14H22N2O4/c1-10-6-5-7-12(11(10)2)20-9-16-14(17)15-8-13(18-3)19-4/h5-7,13H,8-9H2,1-4H3,(H2,15,16,17). The largest absolute Gasteiger partial charge is 0.473 e. The zero-order chi connectivity index (χ0) is 15.0. The normalized spacial score (nSPS) is 10.4. The smallest absolute Gasteiger partial charge is 0.317 e. The van der Waals surface area contributed by atoms with Gasteiger partial charge < -0.3 is 24.8 Å². The summed E-state index contributed by atoms with van der Waals surface area (Å²) in [6, 6.07) is 5.46. The molecule has 1 aromatic carbocycles. The zero-order valence-electron chi connectivity index (χ0n) is 12.4. The summed E-state index contributed by atoms with van der Waals surface area (Å²) >= 11 is 0. The van der Waals surface area contributed by atoms with E-state index in [9.17, 15) is 4.79 Å². The number of hydrogen-bond donors (Lipinski definition) is 2. The van der Waals surface area contributed by atoms with E-state index in [2.05, 4.69) is 10.6 Å². The Morgan fingerprint density at radius 2 is 1.90 bits per heavy atom. The lowest BCUT2D eigenvalue weighted by Crippen LogP contribution is -2.42. The van der Waals surface area contributed by atoms with Gasteiger partial charge in [0, 0.05) is 14.2 Å². The predicted octanol–water partition coefficient (Wildman–Crippen LogP) is 1.56. The number of aryl methyl sites for hydroxylation is 1. The predicted molar refractivity (Wildman–Crippen MR) is 75.8 cm³/mol. The number of amides is 2. The van der Waals surface area contributed by atoms with Crippen molar-refractivity contribution >= 4 is 6.03 Å². The van der Waals surface area contributed by atoms with Gasteiger partial charge in [0.1, 0.15) is 5.75 Å². The maximum Gasteiger partial charge on any atom is 0.317 e. The second kappa shape index (κ2) is 8.39. The van der Waals surface area contributed by atoms with Crippen molar-refractivity contribution in [2.75, 3.05) is 27.5 Å². The Labute approximate surface area is 119 Å². The van der Waals surface area contributed by atoms with Gasteiger partial charge in [0.2, 0.25) is 0 Å². The Kier molecular flexibility index (Phi) is 6.83. The lowest BCUT2D eigenvalue weighted by molar-refractivity contribution is -0.0972. The van der Waals surface area contributed by atoms with Crippen molar-refractivity contribution in [3.05, 3.63) is 29.3 Å². The third-order valence-corrected chi connectivity index (χ3v) is 2.97. The Hall–Kier alpha value is -1.79. The SMILES string of the molecule is COC(CNC(=O)NCOc1cccc(C)c1C)OC. The van der Waals surface area contributed by atoms with Gasteiger partial charge in [-0.3, -0.25) is 0 Å². The number of carbonyl (C=O) groups is 1. The fourth-order valence-electron chi connectivity index (χ4n) is 1.56. The molecule has 0 aliphatic rings. The Balaban J connectivity index is 2.30. The highest BCUT2D eigenvalue weighted by atomic mass is 16.7. The van der Waals surface area contributed by atoms with Crippen LogP contribution in [0.4, 0.5) is 4.79 Å². The van der Waals surface area contributed by atoms with E-state index in [0.29, 0.717) is 0 Å². The van der Waals surface area contributed by atoms with Crippen molar-refractivity contribution < 1.29 is 19.0 Å². The molecule has 2 N–H and O–H groups in total. The molecule has 0 saturated heterocycles. The molecule has 0 aromatic heterocycles. The fourth-order valence-corrected chi connectivity index (χ4v) is 1.56. The number of urea groups is 1. The van der Waals surface area contributed by atoms with Gasteiger partial charge in [0.25, 0.3) is 0 Å². The van der Waals surface area contributed by atoms with E-state index in [-0.39, 0.29) is 19.3 Å². The molecule has 0 bridgehead atoms. The van der Waals surface area contributed by atoms with E-state index < -0.39 is 6.29 Å². The summed E-state index contributed by atoms with van der Waals surface area (Å²) in [6.45, 7) is 4.35. The summed E-state index contributed by atoms with van der Waals surface area (Å²) in [5, 5.41) is 5.21. The quantitative estimate of drug-likeness (QED) is 0.745. The minimum atomic E-state index is -0.458. The summed E-state index contributed by atoms with van der Waals surface area (Å²) in [7, 11) is 3.02. The van der Waals surface area contributed by atoms with Crippen molar-refractivity contribution in [3.63, 3.8) is 0 Å². The first-order valence-corrected chi connectivity index (χ1v) is 6.34. The van der Waals surface area contributed by atoms with Crippen LogP contribution in [0, 0.1) is 13.8 Å². The van der Waals surface area contributed by atoms with Gasteiger partial charge >= 0.3 is 6.03 Å². The number of carbonyl (C=O) groups excluding carboxylic acids is 1. The Morgan fingerprint density at radius 3 is 2.55 bits per heavy atom. The van der Waals surface area contributed by atoms with Crippen molar-refractivity contribution in [1.82, 2.24) is 10.6 Å². The van der Waals surface area contributed by atoms with Crippen LogP contribution in [0.3, 0.4) is 0 Å². The molecule has 0 atom stereocenters. The second-order valence-corrected chi connectivity index (χ2v) is 4.27. The van der Waals surface area contributed by atoms with E-state index in [1.54, 1.807) is 0 Å². The van der Waals surface area contributed by atoms with Crippen molar-refractivity contribution in [2.45, 2.75) is 20.1 Å². The second-order valence-electron chi connectivity index (χ2n) is 4.27. The molecule has 0 saturated carbocycles. The number of methoxy groups -OCH3 is 2. The molecule has 0 radical (unpaired) electrons. The third kappa shape index (κ3) is 5.07. The van der Waals surface area contributed by atoms with Crippen LogP contribution in [0.2, 0.25) is 0 Å². The molecule has 112 valence electrons. The van der Waals surface area contributed by atoms with Crippen LogP contribution < -0.4 is 15.4 Å². The highest BCUT2D eigenvalue weighted by molar-refractivity contribution is 5.73. The molecule has 0 heterocycles. The van der Waals surface area contributed by atoms with Crippen LogP contribution in [0.5, 0.6) is 5.75 Å². The van der Waals surface area contributed by atoms with Crippen LogP contribution in [-0.4, -0.2) is 39.8 Å². The van der Waals surface area contributed by atoms with Gasteiger partial charge in [0.05, 0.1) is 6.54 Å². The number of hydrogen-bond acceptors (Lipinski definition) is 4. The topological polar surface area (TPSA) is 68.8 Å². The van der Waals surface area contributed by atoms with Crippen LogP contribution in [0.25, 0.3) is 0 Å². The molecular weight excluding hydrogens is 260 g/mol. The first-order valence-electron chi connectivity index (χ1n) is 6.34. The van der Waals surface area contributed by atoms with Crippen LogP contribution in [-0.2, 0) is 9.47 Å². The number of ether oxygens (including phenoxy) is 3. The number of benzene rings is 1. The van der Waals surface area contributed by atoms with Gasteiger partial charge in [-0.05, 0) is 31.0 Å². The summed E-state index contributed by atoms with van der Waals surface area (Å²) in [5.74, 6) is 0.761. The summed E-state index contributed by atoms with van der Waals surface area (Å²) in [4.78, 5) is 11.5. The van der Waals surface area contributed by atoms with Crippen LogP contribution in [0.15, 0.2) is 18.2 Å². The fraction of sp³-hybridized carbons (Fsp3) is 0.500. The summed E-state index contributed by atoms with van der Waals surface area (Å²) in [6.07, 6.45) is -0.458. The molecule has 0 aliphatic carbocycles. The van der Waals surface area contributed by atoms with Crippen molar-refractivity contribution in [1.29, 1.82) is 0 Å². The Bertz CT molecular complexity index is 433. The van der Waals surface area contributed by atoms with Crippen molar-refractivity contribution in [3.8, 4) is 5.75 Å². The number of rotatable bonds is 7. The van der Waals surface area contributed by atoms with Crippen LogP contribution in [0.1, 0.15) is 11.1 Å². The van der Waals surface area contributed by atoms with Gasteiger partial charge in [-0.2, -0.15) is 0 Å². The summed E-state index contributed by atoms with van der Waals surface area (Å²) < 4.78 is 15.4. The Morgan fingerprint density at radius 1 is 1.20 bits per heavy atom. The molecule has 2 amide bonds. The van der Waals surface area contributed by atoms with Crippen molar-refractivity contribution in [2.24, 2.45) is 0 Å². The first-order chi connectivity index (χ1) is 9.58. The maximum atomic E-state index is 11.5. The highest BCUT2D eigenvalue weighted by Gasteiger charge is 2.07. The molecule has 0 fully saturated rings. The molecule has 0 unspecified atom stereocenters. The average molecular weight is 282 g/mol.